The van der Waals surface area contributed by atoms with E-state index in [-0.39, 0.29) is 17.0 Å². The Hall–Kier alpha value is -3.93. The van der Waals surface area contributed by atoms with Gasteiger partial charge in [-0.2, -0.15) is 0 Å². The van der Waals surface area contributed by atoms with E-state index < -0.39 is 11.9 Å². The number of carbonyl (C=O) groups is 3. The molecular weight excluding hydrogens is 356 g/mol. The zero-order chi connectivity index (χ0) is 20.1. The SMILES string of the molecule is Cc1ccc(NC(=O)c2cccc(NC(=O)c3ccccc3C(=O)[O-])c2)cc1. The Balaban J connectivity index is 1.76. The van der Waals surface area contributed by atoms with Crippen LogP contribution in [0.25, 0.3) is 0 Å². The lowest BCUT2D eigenvalue weighted by Crippen LogP contribution is -2.26. The van der Waals surface area contributed by atoms with Crippen LogP contribution in [0, 0.1) is 6.92 Å². The number of aryl methyl sites for hydroxylation is 1. The second kappa shape index (κ2) is 8.18. The van der Waals surface area contributed by atoms with E-state index in [1.807, 2.05) is 19.1 Å². The molecule has 2 N–H and O–H groups in total. The molecule has 0 saturated heterocycles. The molecule has 0 spiro atoms. The van der Waals surface area contributed by atoms with Gasteiger partial charge in [0.15, 0.2) is 0 Å². The molecule has 0 aliphatic carbocycles. The number of amides is 2. The molecule has 0 aromatic heterocycles. The van der Waals surface area contributed by atoms with E-state index in [2.05, 4.69) is 10.6 Å². The highest BCUT2D eigenvalue weighted by atomic mass is 16.4. The molecule has 0 fully saturated rings. The van der Waals surface area contributed by atoms with Crippen molar-refractivity contribution in [1.29, 1.82) is 0 Å². The number of carboxylic acids is 1. The molecule has 6 nitrogen and oxygen atoms in total. The fraction of sp³-hybridized carbons (Fsp3) is 0.0455. The minimum absolute atomic E-state index is 0.0167. The van der Waals surface area contributed by atoms with Crippen molar-refractivity contribution in [1.82, 2.24) is 0 Å². The molecule has 3 rings (SSSR count). The molecule has 28 heavy (non-hydrogen) atoms. The number of benzene rings is 3. The van der Waals surface area contributed by atoms with Gasteiger partial charge in [-0.15, -0.1) is 0 Å². The summed E-state index contributed by atoms with van der Waals surface area (Å²) in [6.07, 6.45) is 0. The first-order chi connectivity index (χ1) is 13.4. The molecular formula is C22H17N2O4-. The van der Waals surface area contributed by atoms with Crippen molar-refractivity contribution in [2.45, 2.75) is 6.92 Å². The highest BCUT2D eigenvalue weighted by molar-refractivity contribution is 6.11. The van der Waals surface area contributed by atoms with E-state index in [9.17, 15) is 19.5 Å². The number of hydrogen-bond acceptors (Lipinski definition) is 4. The lowest BCUT2D eigenvalue weighted by Gasteiger charge is -2.11. The van der Waals surface area contributed by atoms with Crippen LogP contribution < -0.4 is 15.7 Å². The van der Waals surface area contributed by atoms with Crippen LogP contribution in [0.3, 0.4) is 0 Å². The summed E-state index contributed by atoms with van der Waals surface area (Å²) >= 11 is 0. The Morgan fingerprint density at radius 1 is 0.714 bits per heavy atom. The number of hydrogen-bond donors (Lipinski definition) is 2. The number of nitrogens with one attached hydrogen (secondary N) is 2. The molecule has 0 aliphatic heterocycles. The number of carbonyl (C=O) groups excluding carboxylic acids is 3. The monoisotopic (exact) mass is 373 g/mol. The van der Waals surface area contributed by atoms with Gasteiger partial charge in [0.25, 0.3) is 11.8 Å². The lowest BCUT2D eigenvalue weighted by molar-refractivity contribution is -0.255. The standard InChI is InChI=1S/C22H18N2O4/c1-14-9-11-16(12-10-14)23-20(25)15-5-4-6-17(13-15)24-21(26)18-7-2-3-8-19(18)22(27)28/h2-13H,1H3,(H,23,25)(H,24,26)(H,27,28)/p-1. The maximum atomic E-state index is 12.4. The van der Waals surface area contributed by atoms with Gasteiger partial charge < -0.3 is 20.5 Å². The van der Waals surface area contributed by atoms with Gasteiger partial charge in [-0.05, 0) is 43.3 Å². The summed E-state index contributed by atoms with van der Waals surface area (Å²) in [5.74, 6) is -2.36. The molecule has 0 saturated carbocycles. The van der Waals surface area contributed by atoms with Crippen LogP contribution in [0.5, 0.6) is 0 Å². The summed E-state index contributed by atoms with van der Waals surface area (Å²) < 4.78 is 0. The van der Waals surface area contributed by atoms with Crippen molar-refractivity contribution in [3.8, 4) is 0 Å². The second-order valence-corrected chi connectivity index (χ2v) is 6.19. The minimum atomic E-state index is -1.43. The predicted octanol–water partition coefficient (Wildman–Crippen LogP) is 2.86. The Bertz CT molecular complexity index is 1040. The van der Waals surface area contributed by atoms with Gasteiger partial charge in [0.2, 0.25) is 0 Å². The minimum Gasteiger partial charge on any atom is -0.545 e. The molecule has 0 heterocycles. The third-order valence-corrected chi connectivity index (χ3v) is 4.08. The average molecular weight is 373 g/mol. The van der Waals surface area contributed by atoms with E-state index >= 15 is 0 Å². The van der Waals surface area contributed by atoms with Crippen molar-refractivity contribution >= 4 is 29.2 Å². The molecule has 3 aromatic carbocycles. The number of rotatable bonds is 5. The van der Waals surface area contributed by atoms with Gasteiger partial charge in [0, 0.05) is 28.1 Å². The predicted molar refractivity (Wildman–Crippen MR) is 104 cm³/mol. The van der Waals surface area contributed by atoms with Crippen LogP contribution >= 0.6 is 0 Å². The van der Waals surface area contributed by atoms with E-state index in [0.29, 0.717) is 16.9 Å². The van der Waals surface area contributed by atoms with Crippen molar-refractivity contribution in [2.24, 2.45) is 0 Å². The largest absolute Gasteiger partial charge is 0.545 e. The molecule has 0 aliphatic rings. The van der Waals surface area contributed by atoms with Gasteiger partial charge in [-0.3, -0.25) is 9.59 Å². The number of anilines is 2. The maximum Gasteiger partial charge on any atom is 0.256 e. The van der Waals surface area contributed by atoms with E-state index in [0.717, 1.165) is 5.56 Å². The highest BCUT2D eigenvalue weighted by Crippen LogP contribution is 2.16. The number of carboxylic acid groups (broad SMARTS) is 1. The third-order valence-electron chi connectivity index (χ3n) is 4.08. The second-order valence-electron chi connectivity index (χ2n) is 6.19. The van der Waals surface area contributed by atoms with Gasteiger partial charge in [0.05, 0.1) is 5.97 Å². The van der Waals surface area contributed by atoms with E-state index in [1.165, 1.54) is 24.3 Å². The van der Waals surface area contributed by atoms with Crippen LogP contribution in [0.1, 0.15) is 36.6 Å². The number of aromatic carboxylic acids is 1. The van der Waals surface area contributed by atoms with Crippen molar-refractivity contribution in [3.63, 3.8) is 0 Å². The van der Waals surface area contributed by atoms with Crippen LogP contribution in [-0.2, 0) is 0 Å². The summed E-state index contributed by atoms with van der Waals surface area (Å²) in [6, 6.07) is 19.5. The Morgan fingerprint density at radius 2 is 1.36 bits per heavy atom. The maximum absolute atomic E-state index is 12.4. The van der Waals surface area contributed by atoms with Crippen LogP contribution in [-0.4, -0.2) is 17.8 Å². The van der Waals surface area contributed by atoms with Crippen molar-refractivity contribution < 1.29 is 19.5 Å². The Morgan fingerprint density at radius 3 is 2.04 bits per heavy atom. The van der Waals surface area contributed by atoms with Crippen LogP contribution in [0.4, 0.5) is 11.4 Å². The highest BCUT2D eigenvalue weighted by Gasteiger charge is 2.13. The fourth-order valence-electron chi connectivity index (χ4n) is 2.64. The quantitative estimate of drug-likeness (QED) is 0.718. The Labute approximate surface area is 161 Å². The summed E-state index contributed by atoms with van der Waals surface area (Å²) in [5.41, 5.74) is 2.25. The molecule has 6 heteroatoms. The third kappa shape index (κ3) is 4.42. The van der Waals surface area contributed by atoms with Crippen LogP contribution in [0.15, 0.2) is 72.8 Å². The fourth-order valence-corrected chi connectivity index (χ4v) is 2.64. The zero-order valence-corrected chi connectivity index (χ0v) is 15.1. The molecule has 0 bridgehead atoms. The molecule has 0 unspecified atom stereocenters. The first-order valence-corrected chi connectivity index (χ1v) is 8.54. The average Bonchev–Trinajstić information content (AvgIpc) is 2.70. The van der Waals surface area contributed by atoms with Gasteiger partial charge >= 0.3 is 0 Å². The zero-order valence-electron chi connectivity index (χ0n) is 15.1. The van der Waals surface area contributed by atoms with Crippen LogP contribution in [0.2, 0.25) is 0 Å². The molecule has 0 atom stereocenters. The normalized spacial score (nSPS) is 10.2. The first kappa shape index (κ1) is 18.8. The van der Waals surface area contributed by atoms with Gasteiger partial charge in [0.1, 0.15) is 0 Å². The van der Waals surface area contributed by atoms with E-state index in [1.54, 1.807) is 36.4 Å². The molecule has 140 valence electrons. The molecule has 0 radical (unpaired) electrons. The summed E-state index contributed by atoms with van der Waals surface area (Å²) in [4.78, 5) is 36.1. The summed E-state index contributed by atoms with van der Waals surface area (Å²) in [6.45, 7) is 1.95. The van der Waals surface area contributed by atoms with Gasteiger partial charge in [-0.1, -0.05) is 42.0 Å². The van der Waals surface area contributed by atoms with Crippen molar-refractivity contribution in [3.05, 3.63) is 95.1 Å². The summed E-state index contributed by atoms with van der Waals surface area (Å²) in [5, 5.41) is 16.6. The smallest absolute Gasteiger partial charge is 0.256 e. The first-order valence-electron chi connectivity index (χ1n) is 8.54. The van der Waals surface area contributed by atoms with E-state index in [4.69, 9.17) is 0 Å². The molecule has 3 aromatic rings. The van der Waals surface area contributed by atoms with Crippen molar-refractivity contribution in [2.75, 3.05) is 10.6 Å². The summed E-state index contributed by atoms with van der Waals surface area (Å²) in [7, 11) is 0. The van der Waals surface area contributed by atoms with Gasteiger partial charge in [-0.25, -0.2) is 0 Å². The lowest BCUT2D eigenvalue weighted by atomic mass is 10.1. The molecule has 2 amide bonds. The topological polar surface area (TPSA) is 98.3 Å². The Kier molecular flexibility index (Phi) is 5.50.